The summed E-state index contributed by atoms with van der Waals surface area (Å²) in [4.78, 5) is 27.7. The van der Waals surface area contributed by atoms with Gasteiger partial charge in [0.15, 0.2) is 0 Å². The summed E-state index contributed by atoms with van der Waals surface area (Å²) in [5.74, 6) is 0.557. The zero-order chi connectivity index (χ0) is 12.0. The number of rotatable bonds is 4. The average molecular weight is 222 g/mol. The molecule has 0 N–H and O–H groups in total. The molecule has 0 saturated heterocycles. The second kappa shape index (κ2) is 5.74. The fraction of sp³-hybridized carbons (Fsp3) is 0.833. The van der Waals surface area contributed by atoms with Crippen LogP contribution in [0.5, 0.6) is 0 Å². The Morgan fingerprint density at radius 2 is 2.06 bits per heavy atom. The molecule has 0 amide bonds. The summed E-state index contributed by atoms with van der Waals surface area (Å²) in [6, 6.07) is 0.0893. The van der Waals surface area contributed by atoms with Crippen LogP contribution >= 0.6 is 0 Å². The van der Waals surface area contributed by atoms with E-state index in [1.165, 1.54) is 0 Å². The van der Waals surface area contributed by atoms with E-state index < -0.39 is 0 Å². The van der Waals surface area contributed by atoms with E-state index in [2.05, 4.69) is 23.8 Å². The van der Waals surface area contributed by atoms with Crippen LogP contribution in [0.15, 0.2) is 9.98 Å². The van der Waals surface area contributed by atoms with Gasteiger partial charge in [-0.3, -0.25) is 0 Å². The van der Waals surface area contributed by atoms with Gasteiger partial charge < -0.3 is 0 Å². The molecule has 0 aromatic rings. The van der Waals surface area contributed by atoms with E-state index >= 15 is 0 Å². The summed E-state index contributed by atoms with van der Waals surface area (Å²) in [5, 5.41) is 0. The van der Waals surface area contributed by atoms with Crippen LogP contribution in [0.2, 0.25) is 0 Å². The average Bonchev–Trinajstić information content (AvgIpc) is 2.16. The number of carbonyl (C=O) groups excluding carboxylic acids is 2. The van der Waals surface area contributed by atoms with Gasteiger partial charge in [0.05, 0.1) is 12.6 Å². The molecular weight excluding hydrogens is 204 g/mol. The first-order chi connectivity index (χ1) is 7.59. The Morgan fingerprint density at radius 3 is 2.69 bits per heavy atom. The number of nitrogens with zero attached hydrogens (tertiary/aromatic N) is 2. The molecule has 0 radical (unpaired) electrons. The van der Waals surface area contributed by atoms with Crippen LogP contribution < -0.4 is 0 Å². The van der Waals surface area contributed by atoms with Crippen molar-refractivity contribution in [3.63, 3.8) is 0 Å². The largest absolute Gasteiger partial charge is 0.235 e. The Hall–Kier alpha value is -1.24. The van der Waals surface area contributed by atoms with Gasteiger partial charge >= 0.3 is 0 Å². The number of hydrogen-bond donors (Lipinski definition) is 0. The minimum atomic E-state index is 0.0893. The van der Waals surface area contributed by atoms with Gasteiger partial charge in [0.1, 0.15) is 0 Å². The molecule has 0 spiro atoms. The van der Waals surface area contributed by atoms with E-state index in [9.17, 15) is 9.59 Å². The molecule has 0 aromatic heterocycles. The topological polar surface area (TPSA) is 58.9 Å². The SMILES string of the molecule is CC1CC(N=C=O)CC(C)(CCN=C=O)C1. The van der Waals surface area contributed by atoms with Crippen LogP contribution in [0.3, 0.4) is 0 Å². The highest BCUT2D eigenvalue weighted by Crippen LogP contribution is 2.42. The summed E-state index contributed by atoms with van der Waals surface area (Å²) in [6.07, 6.45) is 7.03. The molecule has 1 fully saturated rings. The van der Waals surface area contributed by atoms with Crippen LogP contribution in [-0.2, 0) is 9.59 Å². The summed E-state index contributed by atoms with van der Waals surface area (Å²) in [6.45, 7) is 4.87. The first-order valence-electron chi connectivity index (χ1n) is 5.70. The third-order valence-corrected chi connectivity index (χ3v) is 3.37. The Kier molecular flexibility index (Phi) is 4.60. The Labute approximate surface area is 95.9 Å². The second-order valence-corrected chi connectivity index (χ2v) is 5.16. The monoisotopic (exact) mass is 222 g/mol. The van der Waals surface area contributed by atoms with E-state index in [0.29, 0.717) is 12.5 Å². The Bertz CT molecular complexity index is 330. The van der Waals surface area contributed by atoms with Crippen LogP contribution in [-0.4, -0.2) is 24.7 Å². The molecule has 16 heavy (non-hydrogen) atoms. The van der Waals surface area contributed by atoms with Crippen molar-refractivity contribution in [3.8, 4) is 0 Å². The molecule has 0 aromatic carbocycles. The van der Waals surface area contributed by atoms with Gasteiger partial charge in [-0.1, -0.05) is 13.8 Å². The standard InChI is InChI=1S/C12H18N2O2/c1-10-5-11(14-9-16)7-12(2,6-10)3-4-13-8-15/h10-11H,3-7H2,1-2H3. The lowest BCUT2D eigenvalue weighted by Gasteiger charge is -2.39. The Morgan fingerprint density at radius 1 is 1.31 bits per heavy atom. The quantitative estimate of drug-likeness (QED) is 0.541. The van der Waals surface area contributed by atoms with Crippen molar-refractivity contribution in [1.29, 1.82) is 0 Å². The molecule has 1 saturated carbocycles. The smallest absolute Gasteiger partial charge is 0.211 e. The highest BCUT2D eigenvalue weighted by Gasteiger charge is 2.35. The van der Waals surface area contributed by atoms with Gasteiger partial charge in [-0.25, -0.2) is 19.6 Å². The van der Waals surface area contributed by atoms with Gasteiger partial charge in [0.2, 0.25) is 12.2 Å². The lowest BCUT2D eigenvalue weighted by atomic mass is 9.68. The minimum absolute atomic E-state index is 0.0893. The first-order valence-corrected chi connectivity index (χ1v) is 5.70. The molecule has 88 valence electrons. The van der Waals surface area contributed by atoms with E-state index in [-0.39, 0.29) is 11.5 Å². The number of isocyanates is 2. The molecule has 0 heterocycles. The summed E-state index contributed by atoms with van der Waals surface area (Å²) >= 11 is 0. The van der Waals surface area contributed by atoms with Crippen LogP contribution in [0.25, 0.3) is 0 Å². The van der Waals surface area contributed by atoms with Crippen molar-refractivity contribution in [2.45, 2.75) is 45.6 Å². The molecule has 1 aliphatic carbocycles. The van der Waals surface area contributed by atoms with Crippen LogP contribution in [0.1, 0.15) is 39.5 Å². The van der Waals surface area contributed by atoms with E-state index in [0.717, 1.165) is 25.7 Å². The van der Waals surface area contributed by atoms with E-state index in [4.69, 9.17) is 0 Å². The van der Waals surface area contributed by atoms with Gasteiger partial charge in [-0.05, 0) is 37.0 Å². The highest BCUT2D eigenvalue weighted by atomic mass is 16.1. The van der Waals surface area contributed by atoms with E-state index in [1.54, 1.807) is 12.2 Å². The molecule has 3 atom stereocenters. The maximum atomic E-state index is 10.3. The molecule has 4 nitrogen and oxygen atoms in total. The summed E-state index contributed by atoms with van der Waals surface area (Å²) < 4.78 is 0. The molecule has 3 unspecified atom stereocenters. The van der Waals surface area contributed by atoms with Crippen molar-refractivity contribution >= 4 is 12.2 Å². The van der Waals surface area contributed by atoms with Crippen molar-refractivity contribution < 1.29 is 9.59 Å². The molecule has 0 aliphatic heterocycles. The predicted octanol–water partition coefficient (Wildman–Crippen LogP) is 2.24. The molecule has 1 rings (SSSR count). The fourth-order valence-corrected chi connectivity index (χ4v) is 2.87. The number of hydrogen-bond acceptors (Lipinski definition) is 4. The van der Waals surface area contributed by atoms with Crippen molar-refractivity contribution in [2.75, 3.05) is 6.54 Å². The second-order valence-electron chi connectivity index (χ2n) is 5.16. The Balaban J connectivity index is 2.63. The number of aliphatic imine (C=N–C) groups is 2. The normalized spacial score (nSPS) is 33.6. The maximum absolute atomic E-state index is 10.3. The minimum Gasteiger partial charge on any atom is -0.211 e. The van der Waals surface area contributed by atoms with Gasteiger partial charge in [-0.2, -0.15) is 0 Å². The van der Waals surface area contributed by atoms with Gasteiger partial charge in [0, 0.05) is 0 Å². The van der Waals surface area contributed by atoms with E-state index in [1.807, 2.05) is 0 Å². The zero-order valence-electron chi connectivity index (χ0n) is 9.90. The van der Waals surface area contributed by atoms with Gasteiger partial charge in [-0.15, -0.1) is 0 Å². The lowest BCUT2D eigenvalue weighted by molar-refractivity contribution is 0.141. The third-order valence-electron chi connectivity index (χ3n) is 3.37. The third kappa shape index (κ3) is 3.73. The lowest BCUT2D eigenvalue weighted by Crippen LogP contribution is -2.32. The molecule has 4 heteroatoms. The van der Waals surface area contributed by atoms with Crippen molar-refractivity contribution in [3.05, 3.63) is 0 Å². The predicted molar refractivity (Wildman–Crippen MR) is 60.6 cm³/mol. The van der Waals surface area contributed by atoms with Crippen molar-refractivity contribution in [2.24, 2.45) is 21.3 Å². The van der Waals surface area contributed by atoms with Gasteiger partial charge in [0.25, 0.3) is 0 Å². The maximum Gasteiger partial charge on any atom is 0.235 e. The van der Waals surface area contributed by atoms with Crippen LogP contribution in [0, 0.1) is 11.3 Å². The van der Waals surface area contributed by atoms with Crippen molar-refractivity contribution in [1.82, 2.24) is 0 Å². The first kappa shape index (κ1) is 12.8. The fourth-order valence-electron chi connectivity index (χ4n) is 2.87. The summed E-state index contributed by atoms with van der Waals surface area (Å²) in [7, 11) is 0. The zero-order valence-corrected chi connectivity index (χ0v) is 9.90. The van der Waals surface area contributed by atoms with Crippen LogP contribution in [0.4, 0.5) is 0 Å². The molecular formula is C12H18N2O2. The molecule has 0 bridgehead atoms. The molecule has 1 aliphatic rings. The summed E-state index contributed by atoms with van der Waals surface area (Å²) in [5.41, 5.74) is 0.128. The highest BCUT2D eigenvalue weighted by molar-refractivity contribution is 5.33.